The summed E-state index contributed by atoms with van der Waals surface area (Å²) in [5.74, 6) is 1.94. The molecule has 1 aliphatic rings. The van der Waals surface area contributed by atoms with E-state index in [0.717, 1.165) is 18.7 Å². The normalized spacial score (nSPS) is 16.8. The summed E-state index contributed by atoms with van der Waals surface area (Å²) >= 11 is 0. The fourth-order valence-electron chi connectivity index (χ4n) is 3.73. The van der Waals surface area contributed by atoms with Gasteiger partial charge in [-0.05, 0) is 38.8 Å². The van der Waals surface area contributed by atoms with E-state index < -0.39 is 0 Å². The Morgan fingerprint density at radius 2 is 2.03 bits per heavy atom. The smallest absolute Gasteiger partial charge is 0.345 e. The molecule has 9 nitrogen and oxygen atoms in total. The molecule has 0 saturated carbocycles. The monoisotopic (exact) mass is 403 g/mol. The molecule has 2 amide bonds. The van der Waals surface area contributed by atoms with Gasteiger partial charge in [-0.15, -0.1) is 0 Å². The summed E-state index contributed by atoms with van der Waals surface area (Å²) in [5.41, 5.74) is 0.455. The lowest BCUT2D eigenvalue weighted by molar-refractivity contribution is 0.190. The second kappa shape index (κ2) is 8.59. The zero-order valence-corrected chi connectivity index (χ0v) is 17.6. The molecule has 0 spiro atoms. The van der Waals surface area contributed by atoms with Crippen LogP contribution in [0, 0.1) is 0 Å². The maximum Gasteiger partial charge on any atom is 0.345 e. The van der Waals surface area contributed by atoms with Crippen molar-refractivity contribution in [2.24, 2.45) is 7.05 Å². The Balaban J connectivity index is 1.77. The van der Waals surface area contributed by atoms with Crippen LogP contribution in [0.3, 0.4) is 0 Å². The van der Waals surface area contributed by atoms with E-state index in [1.165, 1.54) is 4.68 Å². The van der Waals surface area contributed by atoms with Gasteiger partial charge >= 0.3 is 11.7 Å². The summed E-state index contributed by atoms with van der Waals surface area (Å²) in [6, 6.07) is 5.06. The number of nitrogens with zero attached hydrogens (tertiary/aromatic N) is 4. The number of rotatable bonds is 5. The Bertz CT molecular complexity index is 933. The number of anilines is 1. The van der Waals surface area contributed by atoms with Crippen LogP contribution >= 0.6 is 0 Å². The van der Waals surface area contributed by atoms with Crippen molar-refractivity contribution in [3.63, 3.8) is 0 Å². The second-order valence-corrected chi connectivity index (χ2v) is 7.51. The van der Waals surface area contributed by atoms with Crippen LogP contribution in [0.1, 0.15) is 44.5 Å². The third kappa shape index (κ3) is 4.23. The molecule has 1 aliphatic heterocycles. The summed E-state index contributed by atoms with van der Waals surface area (Å²) in [7, 11) is 4.79. The van der Waals surface area contributed by atoms with Gasteiger partial charge in [-0.2, -0.15) is 5.10 Å². The molecule has 2 aromatic rings. The highest BCUT2D eigenvalue weighted by Gasteiger charge is 2.30. The number of carbonyl (C=O) groups excluding carboxylic acids is 1. The number of aromatic nitrogens is 3. The molecule has 0 bridgehead atoms. The number of methoxy groups -OCH3 is 2. The SMILES string of the molecule is COc1ccc(NC(=O)N2CCCC(c3nn(C)c(=O)n3C(C)C)C2)c(OC)c1. The van der Waals surface area contributed by atoms with E-state index in [0.29, 0.717) is 30.3 Å². The number of urea groups is 1. The van der Waals surface area contributed by atoms with Gasteiger partial charge in [-0.25, -0.2) is 14.3 Å². The van der Waals surface area contributed by atoms with Gasteiger partial charge in [0.2, 0.25) is 0 Å². The summed E-state index contributed by atoms with van der Waals surface area (Å²) in [6.07, 6.45) is 1.74. The quantitative estimate of drug-likeness (QED) is 0.829. The highest BCUT2D eigenvalue weighted by atomic mass is 16.5. The van der Waals surface area contributed by atoms with Crippen LogP contribution in [0.15, 0.2) is 23.0 Å². The molecular weight excluding hydrogens is 374 g/mol. The predicted molar refractivity (Wildman–Crippen MR) is 110 cm³/mol. The lowest BCUT2D eigenvalue weighted by atomic mass is 9.97. The molecule has 158 valence electrons. The van der Waals surface area contributed by atoms with Crippen molar-refractivity contribution < 1.29 is 14.3 Å². The highest BCUT2D eigenvalue weighted by molar-refractivity contribution is 5.91. The second-order valence-electron chi connectivity index (χ2n) is 7.51. The van der Waals surface area contributed by atoms with Gasteiger partial charge in [-0.1, -0.05) is 0 Å². The summed E-state index contributed by atoms with van der Waals surface area (Å²) in [5, 5.41) is 7.37. The highest BCUT2D eigenvalue weighted by Crippen LogP contribution is 2.31. The molecule has 9 heteroatoms. The molecule has 1 aromatic carbocycles. The fourth-order valence-corrected chi connectivity index (χ4v) is 3.73. The largest absolute Gasteiger partial charge is 0.497 e. The Morgan fingerprint density at radius 3 is 2.69 bits per heavy atom. The van der Waals surface area contributed by atoms with Gasteiger partial charge in [0.15, 0.2) is 0 Å². The zero-order chi connectivity index (χ0) is 21.1. The average Bonchev–Trinajstić information content (AvgIpc) is 3.03. The number of hydrogen-bond donors (Lipinski definition) is 1. The first-order valence-corrected chi connectivity index (χ1v) is 9.79. The summed E-state index contributed by atoms with van der Waals surface area (Å²) in [4.78, 5) is 27.1. The van der Waals surface area contributed by atoms with Crippen molar-refractivity contribution in [2.75, 3.05) is 32.6 Å². The molecule has 1 fully saturated rings. The van der Waals surface area contributed by atoms with Crippen LogP contribution in [0.4, 0.5) is 10.5 Å². The van der Waals surface area contributed by atoms with E-state index in [1.54, 1.807) is 48.9 Å². The van der Waals surface area contributed by atoms with E-state index in [-0.39, 0.29) is 23.7 Å². The van der Waals surface area contributed by atoms with Crippen molar-refractivity contribution in [1.82, 2.24) is 19.2 Å². The number of aryl methyl sites for hydroxylation is 1. The van der Waals surface area contributed by atoms with E-state index in [4.69, 9.17) is 9.47 Å². The minimum Gasteiger partial charge on any atom is -0.497 e. The molecule has 3 rings (SSSR count). The number of benzene rings is 1. The third-order valence-corrected chi connectivity index (χ3v) is 5.22. The first-order valence-electron chi connectivity index (χ1n) is 9.79. The summed E-state index contributed by atoms with van der Waals surface area (Å²) in [6.45, 7) is 5.10. The molecule has 1 saturated heterocycles. The molecule has 1 aromatic heterocycles. The summed E-state index contributed by atoms with van der Waals surface area (Å²) < 4.78 is 13.7. The van der Waals surface area contributed by atoms with Crippen LogP contribution in [0.25, 0.3) is 0 Å². The van der Waals surface area contributed by atoms with Gasteiger partial charge in [0.1, 0.15) is 17.3 Å². The number of hydrogen-bond acceptors (Lipinski definition) is 5. The lowest BCUT2D eigenvalue weighted by Crippen LogP contribution is -2.42. The number of carbonyl (C=O) groups is 1. The van der Waals surface area contributed by atoms with Crippen molar-refractivity contribution in [3.8, 4) is 11.5 Å². The van der Waals surface area contributed by atoms with E-state index in [2.05, 4.69) is 10.4 Å². The van der Waals surface area contributed by atoms with Crippen molar-refractivity contribution in [2.45, 2.75) is 38.6 Å². The third-order valence-electron chi connectivity index (χ3n) is 5.22. The number of amides is 2. The van der Waals surface area contributed by atoms with Crippen molar-refractivity contribution >= 4 is 11.7 Å². The Labute approximate surface area is 170 Å². The first kappa shape index (κ1) is 20.8. The number of ether oxygens (including phenoxy) is 2. The molecule has 1 atom stereocenters. The number of nitrogens with one attached hydrogen (secondary N) is 1. The van der Waals surface area contributed by atoms with E-state index in [9.17, 15) is 9.59 Å². The topological polar surface area (TPSA) is 90.6 Å². The standard InChI is InChI=1S/C20H29N5O4/c1-13(2)25-18(22-23(3)20(25)27)14-7-6-10-24(12-14)19(26)21-16-9-8-15(28-4)11-17(16)29-5/h8-9,11,13-14H,6-7,10,12H2,1-5H3,(H,21,26). The van der Waals surface area contributed by atoms with Crippen LogP contribution in [0.2, 0.25) is 0 Å². The predicted octanol–water partition coefficient (Wildman–Crippen LogP) is 2.59. The van der Waals surface area contributed by atoms with Gasteiger partial charge in [0, 0.05) is 38.2 Å². The lowest BCUT2D eigenvalue weighted by Gasteiger charge is -2.32. The fraction of sp³-hybridized carbons (Fsp3) is 0.550. The van der Waals surface area contributed by atoms with Gasteiger partial charge in [0.25, 0.3) is 0 Å². The molecule has 1 N–H and O–H groups in total. The Morgan fingerprint density at radius 1 is 1.28 bits per heavy atom. The first-order chi connectivity index (χ1) is 13.8. The number of likely N-dealkylation sites (tertiary alicyclic amines) is 1. The van der Waals surface area contributed by atoms with Gasteiger partial charge in [0.05, 0.1) is 19.9 Å². The minimum atomic E-state index is -0.201. The van der Waals surface area contributed by atoms with Crippen LogP contribution in [-0.2, 0) is 7.05 Å². The maximum absolute atomic E-state index is 12.9. The Hall–Kier alpha value is -2.97. The molecule has 0 radical (unpaired) electrons. The molecule has 29 heavy (non-hydrogen) atoms. The Kier molecular flexibility index (Phi) is 6.14. The average molecular weight is 403 g/mol. The van der Waals surface area contributed by atoms with Crippen molar-refractivity contribution in [3.05, 3.63) is 34.5 Å². The molecule has 1 unspecified atom stereocenters. The van der Waals surface area contributed by atoms with Crippen LogP contribution < -0.4 is 20.5 Å². The molecule has 0 aliphatic carbocycles. The number of piperidine rings is 1. The minimum absolute atomic E-state index is 0.0129. The van der Waals surface area contributed by atoms with Crippen molar-refractivity contribution in [1.29, 1.82) is 0 Å². The van der Waals surface area contributed by atoms with Gasteiger partial charge < -0.3 is 19.7 Å². The van der Waals surface area contributed by atoms with Crippen LogP contribution in [0.5, 0.6) is 11.5 Å². The maximum atomic E-state index is 12.9. The molecular formula is C20H29N5O4. The zero-order valence-electron chi connectivity index (χ0n) is 17.6. The van der Waals surface area contributed by atoms with E-state index in [1.807, 2.05) is 13.8 Å². The van der Waals surface area contributed by atoms with Crippen LogP contribution in [-0.4, -0.2) is 52.6 Å². The molecule has 2 heterocycles. The van der Waals surface area contributed by atoms with Gasteiger partial charge in [-0.3, -0.25) is 4.57 Å². The van der Waals surface area contributed by atoms with E-state index >= 15 is 0 Å².